The van der Waals surface area contributed by atoms with Gasteiger partial charge in [-0.15, -0.1) is 11.3 Å². The first-order chi connectivity index (χ1) is 31.2. The molecule has 0 bridgehead atoms. The van der Waals surface area contributed by atoms with Gasteiger partial charge in [-0.2, -0.15) is 0 Å². The van der Waals surface area contributed by atoms with Crippen molar-refractivity contribution in [2.24, 2.45) is 0 Å². The molecule has 0 fully saturated rings. The van der Waals surface area contributed by atoms with Crippen LogP contribution in [0, 0.1) is 0 Å². The molecule has 12 aromatic rings. The maximum Gasteiger partial charge on any atom is 0.0541 e. The van der Waals surface area contributed by atoms with E-state index in [1.165, 1.54) is 86.5 Å². The third-order valence-corrected chi connectivity index (χ3v) is 13.6. The Morgan fingerprint density at radius 2 is 0.730 bits per heavy atom. The number of fused-ring (bicyclic) bond motifs is 6. The van der Waals surface area contributed by atoms with Crippen molar-refractivity contribution in [1.82, 2.24) is 4.57 Å². The van der Waals surface area contributed by atoms with Crippen molar-refractivity contribution in [2.75, 3.05) is 4.90 Å². The molecule has 0 aliphatic carbocycles. The number of thiophene rings is 1. The third kappa shape index (κ3) is 6.58. The van der Waals surface area contributed by atoms with Crippen LogP contribution in [0.2, 0.25) is 0 Å². The second kappa shape index (κ2) is 15.5. The lowest BCUT2D eigenvalue weighted by Gasteiger charge is -2.26. The van der Waals surface area contributed by atoms with Crippen LogP contribution >= 0.6 is 11.3 Å². The van der Waals surface area contributed by atoms with Gasteiger partial charge < -0.3 is 9.47 Å². The van der Waals surface area contributed by atoms with Crippen molar-refractivity contribution < 1.29 is 0 Å². The Bertz CT molecular complexity index is 3470. The molecule has 0 atom stereocenters. The predicted octanol–water partition coefficient (Wildman–Crippen LogP) is 17.3. The summed E-state index contributed by atoms with van der Waals surface area (Å²) < 4.78 is 5.02. The summed E-state index contributed by atoms with van der Waals surface area (Å²) in [5.41, 5.74) is 16.4. The SMILES string of the molecule is c1ccc(-c2cc(-c3ccccc3)cc(-c3ccc(N(c4ccc(-c5cccc6c5sc5ccccc56)cc4)c4ccc(-n5c6ccccc6c6ccccc65)cc4)cc3)c2)cc1. The highest BCUT2D eigenvalue weighted by atomic mass is 32.1. The van der Waals surface area contributed by atoms with E-state index in [2.05, 4.69) is 252 Å². The molecular weight excluding hydrogens is 781 g/mol. The fourth-order valence-corrected chi connectivity index (χ4v) is 10.6. The van der Waals surface area contributed by atoms with E-state index in [1.807, 2.05) is 11.3 Å². The molecule has 0 aliphatic heterocycles. The Morgan fingerprint density at radius 3 is 1.29 bits per heavy atom. The highest BCUT2D eigenvalue weighted by Gasteiger charge is 2.17. The highest BCUT2D eigenvalue weighted by molar-refractivity contribution is 7.26. The minimum absolute atomic E-state index is 1.09. The van der Waals surface area contributed by atoms with Gasteiger partial charge in [-0.25, -0.2) is 0 Å². The van der Waals surface area contributed by atoms with E-state index in [0.29, 0.717) is 0 Å². The van der Waals surface area contributed by atoms with Crippen LogP contribution in [-0.4, -0.2) is 4.57 Å². The molecule has 0 N–H and O–H groups in total. The molecule has 2 nitrogen and oxygen atoms in total. The summed E-state index contributed by atoms with van der Waals surface area (Å²) in [6, 6.07) is 88.3. The number of benzene rings is 10. The summed E-state index contributed by atoms with van der Waals surface area (Å²) in [5.74, 6) is 0. The van der Waals surface area contributed by atoms with E-state index in [1.54, 1.807) is 0 Å². The molecule has 63 heavy (non-hydrogen) atoms. The second-order valence-corrected chi connectivity index (χ2v) is 17.2. The van der Waals surface area contributed by atoms with Crippen LogP contribution in [0.4, 0.5) is 17.1 Å². The first kappa shape index (κ1) is 36.8. The Labute approximate surface area is 370 Å². The average Bonchev–Trinajstić information content (AvgIpc) is 3.91. The smallest absolute Gasteiger partial charge is 0.0541 e. The van der Waals surface area contributed by atoms with Gasteiger partial charge in [0, 0.05) is 53.7 Å². The molecule has 0 saturated heterocycles. The average molecular weight is 821 g/mol. The van der Waals surface area contributed by atoms with Crippen molar-refractivity contribution in [2.45, 2.75) is 0 Å². The van der Waals surface area contributed by atoms with Crippen LogP contribution < -0.4 is 4.90 Å². The van der Waals surface area contributed by atoms with Crippen molar-refractivity contribution in [1.29, 1.82) is 0 Å². The topological polar surface area (TPSA) is 8.17 Å². The number of para-hydroxylation sites is 2. The maximum absolute atomic E-state index is 2.38. The molecule has 12 rings (SSSR count). The number of hydrogen-bond donors (Lipinski definition) is 0. The van der Waals surface area contributed by atoms with E-state index in [0.717, 1.165) is 22.7 Å². The lowest BCUT2D eigenvalue weighted by Crippen LogP contribution is -2.10. The van der Waals surface area contributed by atoms with Gasteiger partial charge >= 0.3 is 0 Å². The van der Waals surface area contributed by atoms with Gasteiger partial charge in [-0.3, -0.25) is 0 Å². The Balaban J connectivity index is 0.962. The summed E-state index contributed by atoms with van der Waals surface area (Å²) in [6.07, 6.45) is 0. The zero-order valence-corrected chi connectivity index (χ0v) is 35.2. The molecular formula is C60H40N2S. The zero-order valence-electron chi connectivity index (χ0n) is 34.4. The van der Waals surface area contributed by atoms with Crippen LogP contribution in [0.3, 0.4) is 0 Å². The van der Waals surface area contributed by atoms with Crippen molar-refractivity contribution in [3.63, 3.8) is 0 Å². The fourth-order valence-electron chi connectivity index (χ4n) is 9.36. The molecule has 0 amide bonds. The van der Waals surface area contributed by atoms with Crippen LogP contribution in [0.1, 0.15) is 0 Å². The highest BCUT2D eigenvalue weighted by Crippen LogP contribution is 2.43. The lowest BCUT2D eigenvalue weighted by atomic mass is 9.93. The fraction of sp³-hybridized carbons (Fsp3) is 0. The van der Waals surface area contributed by atoms with Crippen molar-refractivity contribution in [3.8, 4) is 50.2 Å². The van der Waals surface area contributed by atoms with E-state index in [9.17, 15) is 0 Å². The van der Waals surface area contributed by atoms with Crippen LogP contribution in [0.15, 0.2) is 243 Å². The molecule has 0 radical (unpaired) electrons. The van der Waals surface area contributed by atoms with Gasteiger partial charge in [-0.05, 0) is 129 Å². The van der Waals surface area contributed by atoms with Crippen LogP contribution in [-0.2, 0) is 0 Å². The number of anilines is 3. The molecule has 2 heterocycles. The molecule has 3 heteroatoms. The predicted molar refractivity (Wildman–Crippen MR) is 270 cm³/mol. The van der Waals surface area contributed by atoms with Gasteiger partial charge in [0.1, 0.15) is 0 Å². The molecule has 10 aromatic carbocycles. The van der Waals surface area contributed by atoms with E-state index >= 15 is 0 Å². The minimum Gasteiger partial charge on any atom is -0.311 e. The van der Waals surface area contributed by atoms with Gasteiger partial charge in [0.05, 0.1) is 11.0 Å². The van der Waals surface area contributed by atoms with Gasteiger partial charge in [-0.1, -0.05) is 158 Å². The monoisotopic (exact) mass is 820 g/mol. The molecule has 296 valence electrons. The molecule has 0 spiro atoms. The summed E-state index contributed by atoms with van der Waals surface area (Å²) in [4.78, 5) is 2.37. The number of rotatable bonds is 8. The molecule has 0 aliphatic rings. The van der Waals surface area contributed by atoms with Crippen molar-refractivity contribution >= 4 is 70.4 Å². The summed E-state index contributed by atoms with van der Waals surface area (Å²) >= 11 is 1.87. The quantitative estimate of drug-likeness (QED) is 0.148. The normalized spacial score (nSPS) is 11.5. The van der Waals surface area contributed by atoms with E-state index < -0.39 is 0 Å². The van der Waals surface area contributed by atoms with Gasteiger partial charge in [0.15, 0.2) is 0 Å². The first-order valence-electron chi connectivity index (χ1n) is 21.5. The summed E-state index contributed by atoms with van der Waals surface area (Å²) in [6.45, 7) is 0. The van der Waals surface area contributed by atoms with Gasteiger partial charge in [0.25, 0.3) is 0 Å². The molecule has 0 unspecified atom stereocenters. The van der Waals surface area contributed by atoms with Crippen LogP contribution in [0.25, 0.3) is 92.2 Å². The van der Waals surface area contributed by atoms with E-state index in [-0.39, 0.29) is 0 Å². The minimum atomic E-state index is 1.09. The second-order valence-electron chi connectivity index (χ2n) is 16.1. The lowest BCUT2D eigenvalue weighted by molar-refractivity contribution is 1.17. The summed E-state index contributed by atoms with van der Waals surface area (Å²) in [5, 5.41) is 5.15. The molecule has 2 aromatic heterocycles. The number of nitrogens with zero attached hydrogens (tertiary/aromatic N) is 2. The third-order valence-electron chi connectivity index (χ3n) is 12.4. The summed E-state index contributed by atoms with van der Waals surface area (Å²) in [7, 11) is 0. The Kier molecular flexibility index (Phi) is 9.06. The Hall–Kier alpha value is -7.98. The maximum atomic E-state index is 2.38. The van der Waals surface area contributed by atoms with Crippen molar-refractivity contribution in [3.05, 3.63) is 243 Å². The largest absolute Gasteiger partial charge is 0.311 e. The Morgan fingerprint density at radius 1 is 0.302 bits per heavy atom. The van der Waals surface area contributed by atoms with Gasteiger partial charge in [0.2, 0.25) is 0 Å². The number of aromatic nitrogens is 1. The van der Waals surface area contributed by atoms with Crippen LogP contribution in [0.5, 0.6) is 0 Å². The first-order valence-corrected chi connectivity index (χ1v) is 22.3. The number of hydrogen-bond acceptors (Lipinski definition) is 2. The van der Waals surface area contributed by atoms with E-state index in [4.69, 9.17) is 0 Å². The molecule has 0 saturated carbocycles. The zero-order chi connectivity index (χ0) is 41.7. The standard InChI is InChI=1S/C60H40N2S/c1-3-14-41(15-4-1)45-38-46(42-16-5-2-6-17-42)40-47(39-45)43-26-30-48(31-27-43)61(49-32-28-44(29-33-49)52-21-13-22-56-55-20-9-12-25-59(55)63-60(52)56)50-34-36-51(37-35-50)62-57-23-10-7-18-53(57)54-19-8-11-24-58(54)62/h1-40H.